The van der Waals surface area contributed by atoms with E-state index < -0.39 is 5.60 Å². The van der Waals surface area contributed by atoms with Crippen LogP contribution in [0.3, 0.4) is 0 Å². The zero-order valence-corrected chi connectivity index (χ0v) is 44.9. The lowest BCUT2D eigenvalue weighted by atomic mass is 9.87. The Morgan fingerprint density at radius 2 is 1.07 bits per heavy atom. The van der Waals surface area contributed by atoms with E-state index in [0.29, 0.717) is 32.5 Å². The van der Waals surface area contributed by atoms with Crippen LogP contribution >= 0.6 is 15.9 Å². The summed E-state index contributed by atoms with van der Waals surface area (Å²) in [6.07, 6.45) is 2.67. The Labute approximate surface area is 447 Å². The highest BCUT2D eigenvalue weighted by Gasteiger charge is 2.35. The van der Waals surface area contributed by atoms with Gasteiger partial charge in [0.25, 0.3) is 0 Å². The topological polar surface area (TPSA) is 118 Å². The van der Waals surface area contributed by atoms with Gasteiger partial charge in [0.1, 0.15) is 23.7 Å². The van der Waals surface area contributed by atoms with Crippen molar-refractivity contribution in [3.63, 3.8) is 0 Å². The number of allylic oxidation sites excluding steroid dienone is 2. The number of hydrogen-bond donors (Lipinski definition) is 4. The van der Waals surface area contributed by atoms with Gasteiger partial charge in [0, 0.05) is 69.2 Å². The number of carbonyl (C=O) groups is 1. The highest BCUT2D eigenvalue weighted by atomic mass is 79.9. The van der Waals surface area contributed by atoms with Gasteiger partial charge >= 0.3 is 6.09 Å². The van der Waals surface area contributed by atoms with Gasteiger partial charge in [-0.15, -0.1) is 0 Å². The second-order valence-electron chi connectivity index (χ2n) is 20.5. The summed E-state index contributed by atoms with van der Waals surface area (Å²) in [5, 5.41) is 32.6. The van der Waals surface area contributed by atoms with E-state index in [-0.39, 0.29) is 25.1 Å². The van der Waals surface area contributed by atoms with Crippen LogP contribution < -0.4 is 15.0 Å². The number of nitrogens with zero attached hydrogens (tertiary/aromatic N) is 3. The number of likely N-dealkylation sites (tertiary alicyclic amines) is 1. The highest BCUT2D eigenvalue weighted by Crippen LogP contribution is 2.38. The number of nitrogens with one attached hydrogen (secondary N) is 1. The average molecular weight is 1060 g/mol. The summed E-state index contributed by atoms with van der Waals surface area (Å²) in [5.74, 6) is 2.73. The maximum atomic E-state index is 12.4. The first-order valence-corrected chi connectivity index (χ1v) is 27.1. The number of rotatable bonds is 17. The molecule has 3 saturated heterocycles. The summed E-state index contributed by atoms with van der Waals surface area (Å²) in [4.78, 5) is 19.1. The number of phenols is 1. The van der Waals surface area contributed by atoms with Gasteiger partial charge in [-0.25, -0.2) is 4.79 Å². The zero-order valence-electron chi connectivity index (χ0n) is 43.3. The maximum absolute atomic E-state index is 12.4. The monoisotopic (exact) mass is 1060 g/mol. The lowest BCUT2D eigenvalue weighted by Gasteiger charge is -2.36. The van der Waals surface area contributed by atoms with Gasteiger partial charge in [-0.2, -0.15) is 0 Å². The number of anilines is 1. The molecule has 2 atom stereocenters. The number of ether oxygens (including phenoxy) is 2. The molecule has 4 N–H and O–H groups in total. The number of amides is 1. The molecule has 74 heavy (non-hydrogen) atoms. The van der Waals surface area contributed by atoms with Crippen LogP contribution in [0.2, 0.25) is 0 Å². The molecule has 0 aliphatic carbocycles. The van der Waals surface area contributed by atoms with Crippen molar-refractivity contribution in [2.45, 2.75) is 52.1 Å². The molecule has 3 fully saturated rings. The van der Waals surface area contributed by atoms with Gasteiger partial charge in [-0.3, -0.25) is 4.90 Å². The summed E-state index contributed by atoms with van der Waals surface area (Å²) in [6, 6.07) is 53.6. The summed E-state index contributed by atoms with van der Waals surface area (Å²) in [6.45, 7) is 15.1. The molecule has 3 aliphatic rings. The van der Waals surface area contributed by atoms with Gasteiger partial charge in [0.15, 0.2) is 0 Å². The number of hydrogen-bond acceptors (Lipinski definition) is 9. The fourth-order valence-electron chi connectivity index (χ4n) is 10.4. The number of carbonyl (C=O) groups excluding carboxylic acids is 1. The highest BCUT2D eigenvalue weighted by molar-refractivity contribution is 9.10. The Hall–Kier alpha value is -6.21. The molecule has 0 spiro atoms. The number of piperazine rings is 1. The van der Waals surface area contributed by atoms with E-state index in [0.717, 1.165) is 107 Å². The molecule has 6 aromatic carbocycles. The van der Waals surface area contributed by atoms with Crippen molar-refractivity contribution < 1.29 is 29.6 Å². The molecule has 0 radical (unpaired) electrons. The minimum absolute atomic E-state index is 0.140. The normalized spacial score (nSPS) is 17.4. The standard InChI is InChI=1S/C32H37BrN2O3.C31H36N2O3/c1-32(2,3)38-31(37)35-21-19-34(20-22-35)28-17-13-26(14-18-28)30(25-11-15-27(33)16-12-25)29(10-7-23-36)24-8-5-4-6-9-24;34-17-4-7-30(23-5-2-1-3-6-23)31(24-8-12-28(35)13-9-24)25-10-14-29(15-11-25)36-18-16-33-21-26-19-32-20-27(26)22-33/h4-6,8-9,11-18,36H,7,10,19-23H2,1-3H3;1-3,5-6,8-15,26-27,32,34-35H,4,7,16-22H2/b30-29-;31-30-/t;26-,27+. The average Bonchev–Trinajstić information content (AvgIpc) is 4.03. The van der Waals surface area contributed by atoms with E-state index in [9.17, 15) is 20.1 Å². The lowest BCUT2D eigenvalue weighted by molar-refractivity contribution is 0.0240. The van der Waals surface area contributed by atoms with Crippen LogP contribution in [-0.2, 0) is 4.74 Å². The van der Waals surface area contributed by atoms with Gasteiger partial charge < -0.3 is 39.9 Å². The molecule has 0 aromatic heterocycles. The predicted molar refractivity (Wildman–Crippen MR) is 304 cm³/mol. The third-order valence-corrected chi connectivity index (χ3v) is 14.6. The van der Waals surface area contributed by atoms with Gasteiger partial charge in [0.2, 0.25) is 0 Å². The Morgan fingerprint density at radius 1 is 0.608 bits per heavy atom. The van der Waals surface area contributed by atoms with E-state index in [2.05, 4.69) is 128 Å². The number of aromatic hydroxyl groups is 1. The number of fused-ring (bicyclic) bond motifs is 1. The Bertz CT molecular complexity index is 2740. The van der Waals surface area contributed by atoms with Crippen LogP contribution in [0.4, 0.5) is 10.5 Å². The maximum Gasteiger partial charge on any atom is 0.410 e. The molecular formula is C63H73BrN4O6. The number of benzene rings is 6. The summed E-state index contributed by atoms with van der Waals surface area (Å²) < 4.78 is 12.7. The van der Waals surface area contributed by atoms with Crippen LogP contribution in [0.5, 0.6) is 11.5 Å². The molecule has 0 unspecified atom stereocenters. The Morgan fingerprint density at radius 3 is 1.54 bits per heavy atom. The molecule has 9 rings (SSSR count). The summed E-state index contributed by atoms with van der Waals surface area (Å²) in [5.41, 5.74) is 12.1. The van der Waals surface area contributed by atoms with Crippen molar-refractivity contribution in [2.24, 2.45) is 11.8 Å². The van der Waals surface area contributed by atoms with Crippen molar-refractivity contribution >= 4 is 50.0 Å². The molecule has 3 aliphatic heterocycles. The summed E-state index contributed by atoms with van der Waals surface area (Å²) >= 11 is 3.57. The zero-order chi connectivity index (χ0) is 51.9. The first-order valence-electron chi connectivity index (χ1n) is 26.3. The fraction of sp³-hybridized carbons (Fsp3) is 0.349. The van der Waals surface area contributed by atoms with Gasteiger partial charge in [-0.05, 0) is 176 Å². The van der Waals surface area contributed by atoms with E-state index in [1.165, 1.54) is 35.4 Å². The van der Waals surface area contributed by atoms with Crippen LogP contribution in [0.15, 0.2) is 162 Å². The van der Waals surface area contributed by atoms with E-state index in [1.807, 2.05) is 69.3 Å². The van der Waals surface area contributed by atoms with Crippen molar-refractivity contribution in [1.29, 1.82) is 0 Å². The smallest absolute Gasteiger partial charge is 0.410 e. The van der Waals surface area contributed by atoms with E-state index in [1.54, 1.807) is 17.0 Å². The molecule has 3 heterocycles. The Balaban J connectivity index is 0.000000197. The van der Waals surface area contributed by atoms with E-state index in [4.69, 9.17) is 9.47 Å². The fourth-order valence-corrected chi connectivity index (χ4v) is 10.6. The molecule has 388 valence electrons. The number of phenolic OH excluding ortho intramolecular Hbond substituents is 1. The van der Waals surface area contributed by atoms with Crippen LogP contribution in [0.1, 0.15) is 79.8 Å². The third kappa shape index (κ3) is 14.8. The summed E-state index contributed by atoms with van der Waals surface area (Å²) in [7, 11) is 0. The van der Waals surface area contributed by atoms with Crippen molar-refractivity contribution in [3.8, 4) is 11.5 Å². The van der Waals surface area contributed by atoms with Crippen LogP contribution in [0, 0.1) is 11.8 Å². The van der Waals surface area contributed by atoms with Crippen LogP contribution in [0.25, 0.3) is 22.3 Å². The molecular weight excluding hydrogens is 989 g/mol. The molecule has 10 nitrogen and oxygen atoms in total. The van der Waals surface area contributed by atoms with Crippen molar-refractivity contribution in [2.75, 3.05) is 83.6 Å². The van der Waals surface area contributed by atoms with Gasteiger partial charge in [0.05, 0.1) is 0 Å². The number of halogens is 1. The molecule has 0 bridgehead atoms. The number of aliphatic hydroxyl groups excluding tert-OH is 2. The minimum Gasteiger partial charge on any atom is -0.508 e. The predicted octanol–water partition coefficient (Wildman–Crippen LogP) is 11.9. The van der Waals surface area contributed by atoms with Crippen LogP contribution in [-0.4, -0.2) is 116 Å². The lowest BCUT2D eigenvalue weighted by Crippen LogP contribution is -2.50. The second kappa shape index (κ2) is 26.3. The molecule has 6 aromatic rings. The second-order valence-corrected chi connectivity index (χ2v) is 21.4. The first-order chi connectivity index (χ1) is 36.0. The molecule has 0 saturated carbocycles. The van der Waals surface area contributed by atoms with Crippen molar-refractivity contribution in [1.82, 2.24) is 15.1 Å². The van der Waals surface area contributed by atoms with Crippen molar-refractivity contribution in [3.05, 3.63) is 196 Å². The largest absolute Gasteiger partial charge is 0.508 e. The third-order valence-electron chi connectivity index (χ3n) is 14.0. The Kier molecular flexibility index (Phi) is 19.2. The minimum atomic E-state index is -0.486. The van der Waals surface area contributed by atoms with E-state index >= 15 is 0 Å². The molecule has 11 heteroatoms. The van der Waals surface area contributed by atoms with Gasteiger partial charge in [-0.1, -0.05) is 125 Å². The molecule has 1 amide bonds. The quantitative estimate of drug-likeness (QED) is 0.0663. The number of aliphatic hydroxyl groups is 2. The first kappa shape index (κ1) is 54.1. The SMILES string of the molecule is CC(C)(C)OC(=O)N1CCN(c2ccc(/C(=C(/CCCO)c3ccccc3)c3ccc(Br)cc3)cc2)CC1.OCCC/C(=C(\c1ccc(O)cc1)c1ccc(OCCN2C[C@H]3CNC[C@H]3C2)cc1)c1ccccc1.